The molecule has 104 valence electrons. The van der Waals surface area contributed by atoms with Crippen molar-refractivity contribution in [1.29, 1.82) is 0 Å². The summed E-state index contributed by atoms with van der Waals surface area (Å²) in [4.78, 5) is 2.23. The van der Waals surface area contributed by atoms with Crippen LogP contribution in [0.4, 0.5) is 0 Å². The monoisotopic (exact) mass is 263 g/mol. The first-order chi connectivity index (χ1) is 8.10. The number of rotatable bonds is 11. The highest BCUT2D eigenvalue weighted by Crippen LogP contribution is 2.17. The van der Waals surface area contributed by atoms with Gasteiger partial charge in [0.1, 0.15) is 0 Å². The van der Waals surface area contributed by atoms with Crippen LogP contribution in [0.3, 0.4) is 0 Å². The molecule has 0 aliphatic carbocycles. The van der Waals surface area contributed by atoms with E-state index in [4.69, 9.17) is 13.3 Å². The lowest BCUT2D eigenvalue weighted by atomic mass is 10.1. The molecule has 0 aliphatic heterocycles. The van der Waals surface area contributed by atoms with E-state index in [1.165, 1.54) is 32.2 Å². The summed E-state index contributed by atoms with van der Waals surface area (Å²) in [5, 5.41) is 0. The maximum Gasteiger partial charge on any atom is 0.500 e. The minimum absolute atomic E-state index is 0.921. The highest BCUT2D eigenvalue weighted by molar-refractivity contribution is 6.60. The topological polar surface area (TPSA) is 30.9 Å². The van der Waals surface area contributed by atoms with Crippen LogP contribution in [-0.4, -0.2) is 55.7 Å². The molecule has 0 fully saturated rings. The molecule has 0 aromatic rings. The fourth-order valence-electron chi connectivity index (χ4n) is 1.86. The Labute approximate surface area is 108 Å². The Kier molecular flexibility index (Phi) is 10.1. The molecule has 0 aromatic carbocycles. The molecular formula is C12H29NO3Si. The van der Waals surface area contributed by atoms with E-state index in [1.807, 2.05) is 0 Å². The van der Waals surface area contributed by atoms with E-state index in [0.29, 0.717) is 0 Å². The van der Waals surface area contributed by atoms with Gasteiger partial charge in [-0.3, -0.25) is 0 Å². The summed E-state index contributed by atoms with van der Waals surface area (Å²) in [5.41, 5.74) is 0. The molecule has 0 spiro atoms. The highest BCUT2D eigenvalue weighted by Gasteiger charge is 2.36. The van der Waals surface area contributed by atoms with Crippen LogP contribution in [0.2, 0.25) is 6.04 Å². The smallest absolute Gasteiger partial charge is 0.377 e. The van der Waals surface area contributed by atoms with Gasteiger partial charge in [-0.2, -0.15) is 0 Å². The van der Waals surface area contributed by atoms with Crippen molar-refractivity contribution in [2.45, 2.75) is 38.1 Å². The van der Waals surface area contributed by atoms with Gasteiger partial charge >= 0.3 is 8.80 Å². The summed E-state index contributed by atoms with van der Waals surface area (Å²) in [7, 11) is 6.96. The van der Waals surface area contributed by atoms with Crippen molar-refractivity contribution in [3.63, 3.8) is 0 Å². The van der Waals surface area contributed by atoms with Gasteiger partial charge in [-0.05, 0) is 33.5 Å². The predicted octanol–water partition coefficient (Wildman–Crippen LogP) is 2.38. The van der Waals surface area contributed by atoms with Crippen molar-refractivity contribution >= 4 is 8.80 Å². The van der Waals surface area contributed by atoms with Gasteiger partial charge in [0.05, 0.1) is 0 Å². The minimum Gasteiger partial charge on any atom is -0.377 e. The fourth-order valence-corrected chi connectivity index (χ4v) is 3.65. The minimum atomic E-state index is -2.31. The second kappa shape index (κ2) is 10.0. The molecule has 0 N–H and O–H groups in total. The van der Waals surface area contributed by atoms with Crippen molar-refractivity contribution < 1.29 is 13.3 Å². The largest absolute Gasteiger partial charge is 0.500 e. The van der Waals surface area contributed by atoms with Crippen molar-refractivity contribution in [1.82, 2.24) is 4.90 Å². The molecule has 4 nitrogen and oxygen atoms in total. The summed E-state index contributed by atoms with van der Waals surface area (Å²) in [6, 6.07) is 0.921. The third kappa shape index (κ3) is 7.89. The quantitative estimate of drug-likeness (QED) is 0.423. The molecule has 0 aliphatic rings. The van der Waals surface area contributed by atoms with Crippen LogP contribution in [0.5, 0.6) is 0 Å². The summed E-state index contributed by atoms with van der Waals surface area (Å²) < 4.78 is 16.1. The molecule has 0 saturated carbocycles. The summed E-state index contributed by atoms with van der Waals surface area (Å²) in [5.74, 6) is 0. The first kappa shape index (κ1) is 17.1. The SMILES string of the molecule is CO[Si](CCCCCCCN(C)C)(OC)OC. The van der Waals surface area contributed by atoms with Crippen molar-refractivity contribution in [3.8, 4) is 0 Å². The molecule has 0 bridgehead atoms. The van der Waals surface area contributed by atoms with Gasteiger partial charge < -0.3 is 18.2 Å². The van der Waals surface area contributed by atoms with E-state index in [9.17, 15) is 0 Å². The molecule has 0 rings (SSSR count). The van der Waals surface area contributed by atoms with Crippen LogP contribution < -0.4 is 0 Å². The molecule has 0 amide bonds. The molecule has 0 unspecified atom stereocenters. The van der Waals surface area contributed by atoms with E-state index < -0.39 is 8.80 Å². The van der Waals surface area contributed by atoms with Crippen LogP contribution in [0.15, 0.2) is 0 Å². The maximum absolute atomic E-state index is 5.38. The number of nitrogens with zero attached hydrogens (tertiary/aromatic N) is 1. The average molecular weight is 263 g/mol. The van der Waals surface area contributed by atoms with Gasteiger partial charge in [-0.25, -0.2) is 0 Å². The van der Waals surface area contributed by atoms with Crippen LogP contribution >= 0.6 is 0 Å². The van der Waals surface area contributed by atoms with Crippen LogP contribution in [-0.2, 0) is 13.3 Å². The first-order valence-electron chi connectivity index (χ1n) is 6.40. The van der Waals surface area contributed by atoms with Gasteiger partial charge in [-0.1, -0.05) is 19.3 Å². The van der Waals surface area contributed by atoms with Crippen LogP contribution in [0.1, 0.15) is 32.1 Å². The maximum atomic E-state index is 5.38. The Morgan fingerprint density at radius 2 is 1.24 bits per heavy atom. The normalized spacial score (nSPS) is 12.4. The van der Waals surface area contributed by atoms with Gasteiger partial charge in [0.25, 0.3) is 0 Å². The van der Waals surface area contributed by atoms with E-state index in [-0.39, 0.29) is 0 Å². The van der Waals surface area contributed by atoms with E-state index in [2.05, 4.69) is 19.0 Å². The molecule has 17 heavy (non-hydrogen) atoms. The van der Waals surface area contributed by atoms with E-state index in [0.717, 1.165) is 12.5 Å². The summed E-state index contributed by atoms with van der Waals surface area (Å²) in [6.07, 6.45) is 6.24. The molecule has 5 heteroatoms. The Morgan fingerprint density at radius 3 is 1.71 bits per heavy atom. The molecular weight excluding hydrogens is 234 g/mol. The second-order valence-corrected chi connectivity index (χ2v) is 7.71. The van der Waals surface area contributed by atoms with Crippen molar-refractivity contribution in [2.24, 2.45) is 0 Å². The van der Waals surface area contributed by atoms with Crippen molar-refractivity contribution in [3.05, 3.63) is 0 Å². The van der Waals surface area contributed by atoms with Gasteiger partial charge in [-0.15, -0.1) is 0 Å². The number of hydrogen-bond donors (Lipinski definition) is 0. The zero-order chi connectivity index (χ0) is 13.1. The first-order valence-corrected chi connectivity index (χ1v) is 8.33. The zero-order valence-electron chi connectivity index (χ0n) is 12.1. The molecule has 0 heterocycles. The van der Waals surface area contributed by atoms with Gasteiger partial charge in [0, 0.05) is 27.4 Å². The highest BCUT2D eigenvalue weighted by atomic mass is 28.4. The third-order valence-electron chi connectivity index (χ3n) is 3.02. The molecule has 0 atom stereocenters. The Bertz CT molecular complexity index is 167. The lowest BCUT2D eigenvalue weighted by molar-refractivity contribution is 0.122. The van der Waals surface area contributed by atoms with Crippen LogP contribution in [0.25, 0.3) is 0 Å². The Hall–Kier alpha value is 0.0569. The third-order valence-corrected chi connectivity index (χ3v) is 5.85. The van der Waals surface area contributed by atoms with E-state index >= 15 is 0 Å². The number of hydrogen-bond acceptors (Lipinski definition) is 4. The van der Waals surface area contributed by atoms with Gasteiger partial charge in [0.2, 0.25) is 0 Å². The Morgan fingerprint density at radius 1 is 0.765 bits per heavy atom. The van der Waals surface area contributed by atoms with E-state index in [1.54, 1.807) is 21.3 Å². The molecule has 0 aromatic heterocycles. The lowest BCUT2D eigenvalue weighted by Gasteiger charge is -2.24. The average Bonchev–Trinajstić information content (AvgIpc) is 2.33. The van der Waals surface area contributed by atoms with Gasteiger partial charge in [0.15, 0.2) is 0 Å². The van der Waals surface area contributed by atoms with Crippen molar-refractivity contribution in [2.75, 3.05) is 42.0 Å². The summed E-state index contributed by atoms with van der Waals surface area (Å²) >= 11 is 0. The fraction of sp³-hybridized carbons (Fsp3) is 1.00. The Balaban J connectivity index is 3.49. The predicted molar refractivity (Wildman–Crippen MR) is 73.2 cm³/mol. The zero-order valence-corrected chi connectivity index (χ0v) is 13.1. The lowest BCUT2D eigenvalue weighted by Crippen LogP contribution is -2.42. The molecule has 0 radical (unpaired) electrons. The molecule has 0 saturated heterocycles. The second-order valence-electron chi connectivity index (χ2n) is 4.62. The number of unbranched alkanes of at least 4 members (excludes halogenated alkanes) is 4. The standard InChI is InChI=1S/C12H29NO3Si/c1-13(2)11-9-7-6-8-10-12-17(14-3,15-4)16-5/h6-12H2,1-5H3. The van der Waals surface area contributed by atoms with Crippen LogP contribution in [0, 0.1) is 0 Å². The summed E-state index contributed by atoms with van der Waals surface area (Å²) in [6.45, 7) is 1.19.